The topological polar surface area (TPSA) is 67.4 Å². The Labute approximate surface area is 161 Å². The van der Waals surface area contributed by atoms with Crippen molar-refractivity contribution in [2.75, 3.05) is 0 Å². The normalized spacial score (nSPS) is 15.3. The fourth-order valence-electron chi connectivity index (χ4n) is 3.85. The first kappa shape index (κ1) is 17.2. The molecule has 6 heteroatoms. The molecule has 132 valence electrons. The van der Waals surface area contributed by atoms with Crippen LogP contribution >= 0.6 is 15.9 Å². The van der Waals surface area contributed by atoms with Crippen molar-refractivity contribution in [3.63, 3.8) is 0 Å². The Kier molecular flexibility index (Phi) is 4.73. The minimum absolute atomic E-state index is 0.156. The maximum atomic E-state index is 9.34. The van der Waals surface area contributed by atoms with Gasteiger partial charge in [-0.1, -0.05) is 43.0 Å². The van der Waals surface area contributed by atoms with E-state index >= 15 is 0 Å². The summed E-state index contributed by atoms with van der Waals surface area (Å²) in [5, 5.41) is 9.34. The van der Waals surface area contributed by atoms with Crippen LogP contribution in [0.25, 0.3) is 22.4 Å². The van der Waals surface area contributed by atoms with Gasteiger partial charge in [0.15, 0.2) is 10.4 Å². The largest absolute Gasteiger partial charge is 0.315 e. The fourth-order valence-corrected chi connectivity index (χ4v) is 4.34. The van der Waals surface area contributed by atoms with Crippen molar-refractivity contribution >= 4 is 27.1 Å². The average molecular weight is 410 g/mol. The van der Waals surface area contributed by atoms with Gasteiger partial charge in [-0.25, -0.2) is 9.97 Å². The molecule has 0 bridgehead atoms. The van der Waals surface area contributed by atoms with Gasteiger partial charge in [-0.15, -0.1) is 0 Å². The second-order valence-electron chi connectivity index (χ2n) is 7.04. The van der Waals surface area contributed by atoms with E-state index in [0.717, 1.165) is 33.6 Å². The summed E-state index contributed by atoms with van der Waals surface area (Å²) in [7, 11) is 0. The summed E-state index contributed by atoms with van der Waals surface area (Å²) in [6, 6.07) is 10.3. The molecule has 0 atom stereocenters. The summed E-state index contributed by atoms with van der Waals surface area (Å²) >= 11 is 3.61. The van der Waals surface area contributed by atoms with E-state index in [-0.39, 0.29) is 5.82 Å². The van der Waals surface area contributed by atoms with Crippen molar-refractivity contribution < 1.29 is 0 Å². The summed E-state index contributed by atoms with van der Waals surface area (Å²) < 4.78 is 2.95. The molecule has 3 aromatic rings. The maximum absolute atomic E-state index is 9.34. The molecule has 0 saturated heterocycles. The Morgan fingerprint density at radius 1 is 1.19 bits per heavy atom. The highest BCUT2D eigenvalue weighted by Crippen LogP contribution is 2.32. The van der Waals surface area contributed by atoms with Gasteiger partial charge < -0.3 is 4.57 Å². The summed E-state index contributed by atoms with van der Waals surface area (Å²) in [5.74, 6) is 0.808. The van der Waals surface area contributed by atoms with Crippen LogP contribution in [0.1, 0.15) is 43.5 Å². The third-order valence-corrected chi connectivity index (χ3v) is 5.72. The van der Waals surface area contributed by atoms with Gasteiger partial charge in [0.2, 0.25) is 5.82 Å². The van der Waals surface area contributed by atoms with Gasteiger partial charge in [-0.05, 0) is 47.7 Å². The zero-order valence-electron chi connectivity index (χ0n) is 14.7. The number of hydrogen-bond donors (Lipinski definition) is 0. The van der Waals surface area contributed by atoms with Crippen LogP contribution in [0.5, 0.6) is 0 Å². The highest BCUT2D eigenvalue weighted by Gasteiger charge is 2.22. The number of aryl methyl sites for hydroxylation is 1. The molecule has 26 heavy (non-hydrogen) atoms. The van der Waals surface area contributed by atoms with E-state index in [1.165, 1.54) is 32.1 Å². The molecule has 0 amide bonds. The van der Waals surface area contributed by atoms with Gasteiger partial charge in [-0.3, -0.25) is 0 Å². The van der Waals surface area contributed by atoms with Crippen molar-refractivity contribution in [2.45, 2.75) is 45.6 Å². The molecule has 4 rings (SSSR count). The quantitative estimate of drug-likeness (QED) is 0.569. The van der Waals surface area contributed by atoms with Gasteiger partial charge in [0.25, 0.3) is 0 Å². The molecule has 0 spiro atoms. The molecule has 1 aliphatic rings. The third-order valence-electron chi connectivity index (χ3n) is 5.11. The zero-order chi connectivity index (χ0) is 18.1. The van der Waals surface area contributed by atoms with E-state index < -0.39 is 0 Å². The van der Waals surface area contributed by atoms with Gasteiger partial charge in [0.1, 0.15) is 17.3 Å². The summed E-state index contributed by atoms with van der Waals surface area (Å²) in [5.41, 5.74) is 4.42. The Hall–Kier alpha value is -2.26. The molecule has 2 aromatic heterocycles. The second-order valence-corrected chi connectivity index (χ2v) is 7.75. The molecule has 5 nitrogen and oxygen atoms in total. The predicted octanol–water partition coefficient (Wildman–Crippen LogP) is 5.02. The van der Waals surface area contributed by atoms with E-state index in [0.29, 0.717) is 11.6 Å². The molecule has 2 heterocycles. The lowest BCUT2D eigenvalue weighted by Gasteiger charge is -2.22. The predicted molar refractivity (Wildman–Crippen MR) is 104 cm³/mol. The number of halogens is 1. The number of rotatable bonds is 3. The first-order valence-electron chi connectivity index (χ1n) is 9.06. The lowest BCUT2D eigenvalue weighted by Crippen LogP contribution is -2.14. The monoisotopic (exact) mass is 409 g/mol. The van der Waals surface area contributed by atoms with Crippen LogP contribution in [0.2, 0.25) is 0 Å². The Morgan fingerprint density at radius 3 is 2.73 bits per heavy atom. The molecule has 0 aliphatic heterocycles. The number of aromatic nitrogens is 4. The standard InChI is InChI=1S/C20H20BrN5/c1-13-6-5-9-15(10-13)17-18-19(24-16(11-22)23-17)25-20(21)26(18)12-14-7-3-2-4-8-14/h5-6,9-10,14H,2-4,7-8,12H2,1H3. The highest BCUT2D eigenvalue weighted by molar-refractivity contribution is 9.10. The molecule has 1 aliphatic carbocycles. The number of fused-ring (bicyclic) bond motifs is 1. The average Bonchev–Trinajstić information content (AvgIpc) is 2.97. The fraction of sp³-hybridized carbons (Fsp3) is 0.400. The number of imidazole rings is 1. The summed E-state index contributed by atoms with van der Waals surface area (Å²) in [6.45, 7) is 2.97. The number of hydrogen-bond acceptors (Lipinski definition) is 4. The van der Waals surface area contributed by atoms with Crippen molar-refractivity contribution in [1.29, 1.82) is 5.26 Å². The Morgan fingerprint density at radius 2 is 2.00 bits per heavy atom. The number of benzene rings is 1. The third kappa shape index (κ3) is 3.24. The van der Waals surface area contributed by atoms with Gasteiger partial charge in [0, 0.05) is 12.1 Å². The van der Waals surface area contributed by atoms with Gasteiger partial charge in [-0.2, -0.15) is 10.2 Å². The van der Waals surface area contributed by atoms with E-state index in [9.17, 15) is 5.26 Å². The molecule has 0 unspecified atom stereocenters. The first-order chi connectivity index (χ1) is 12.7. The highest BCUT2D eigenvalue weighted by atomic mass is 79.9. The van der Waals surface area contributed by atoms with Crippen molar-refractivity contribution in [1.82, 2.24) is 19.5 Å². The van der Waals surface area contributed by atoms with Crippen LogP contribution < -0.4 is 0 Å². The number of nitriles is 1. The molecule has 1 aromatic carbocycles. The van der Waals surface area contributed by atoms with E-state index in [1.54, 1.807) is 0 Å². The van der Waals surface area contributed by atoms with Gasteiger partial charge in [0.05, 0.1) is 0 Å². The Balaban J connectivity index is 1.89. The minimum atomic E-state index is 0.156. The van der Waals surface area contributed by atoms with Crippen LogP contribution in [0, 0.1) is 24.2 Å². The van der Waals surface area contributed by atoms with E-state index in [2.05, 4.69) is 60.6 Å². The maximum Gasteiger partial charge on any atom is 0.234 e. The van der Waals surface area contributed by atoms with Crippen LogP contribution in [-0.4, -0.2) is 19.5 Å². The Bertz CT molecular complexity index is 995. The minimum Gasteiger partial charge on any atom is -0.315 e. The van der Waals surface area contributed by atoms with Crippen LogP contribution in [0.15, 0.2) is 29.0 Å². The number of nitrogens with zero attached hydrogens (tertiary/aromatic N) is 5. The SMILES string of the molecule is Cc1cccc(-c2nc(C#N)nc3nc(Br)n(CC4CCCCC4)c23)c1. The van der Waals surface area contributed by atoms with Crippen molar-refractivity contribution in [3.05, 3.63) is 40.4 Å². The molecule has 1 fully saturated rings. The van der Waals surface area contributed by atoms with Crippen LogP contribution in [0.4, 0.5) is 0 Å². The van der Waals surface area contributed by atoms with Gasteiger partial charge >= 0.3 is 0 Å². The molecular formula is C20H20BrN5. The molecular weight excluding hydrogens is 390 g/mol. The smallest absolute Gasteiger partial charge is 0.234 e. The second kappa shape index (κ2) is 7.16. The molecule has 1 saturated carbocycles. The van der Waals surface area contributed by atoms with E-state index in [1.807, 2.05) is 12.1 Å². The summed E-state index contributed by atoms with van der Waals surface area (Å²) in [6.07, 6.45) is 6.45. The van der Waals surface area contributed by atoms with Crippen molar-refractivity contribution in [2.24, 2.45) is 5.92 Å². The zero-order valence-corrected chi connectivity index (χ0v) is 16.3. The summed E-state index contributed by atoms with van der Waals surface area (Å²) in [4.78, 5) is 13.5. The van der Waals surface area contributed by atoms with E-state index in [4.69, 9.17) is 0 Å². The molecule has 0 radical (unpaired) electrons. The lowest BCUT2D eigenvalue weighted by molar-refractivity contribution is 0.320. The first-order valence-corrected chi connectivity index (χ1v) is 9.86. The van der Waals surface area contributed by atoms with Crippen molar-refractivity contribution in [3.8, 4) is 17.3 Å². The lowest BCUT2D eigenvalue weighted by atomic mass is 9.89. The van der Waals surface area contributed by atoms with Crippen LogP contribution in [-0.2, 0) is 6.54 Å². The van der Waals surface area contributed by atoms with Crippen LogP contribution in [0.3, 0.4) is 0 Å². The molecule has 0 N–H and O–H groups in total.